The number of nitrogens with one attached hydrogen (secondary N) is 2. The lowest BCUT2D eigenvalue weighted by atomic mass is 9.82. The van der Waals surface area contributed by atoms with Crippen molar-refractivity contribution < 1.29 is 36.6 Å². The van der Waals surface area contributed by atoms with Gasteiger partial charge in [0.1, 0.15) is 17.1 Å². The maximum atomic E-state index is 13.1. The van der Waals surface area contributed by atoms with Crippen molar-refractivity contribution in [3.8, 4) is 5.75 Å². The molecule has 2 heterocycles. The minimum atomic E-state index is -2.87. The molecule has 2 N–H and O–H groups in total. The normalized spacial score (nSPS) is 18.4. The van der Waals surface area contributed by atoms with Crippen molar-refractivity contribution in [2.45, 2.75) is 63.6 Å². The Bertz CT molecular complexity index is 1150. The zero-order chi connectivity index (χ0) is 28.0. The average molecular weight is 573 g/mol. The summed E-state index contributed by atoms with van der Waals surface area (Å²) in [5.41, 5.74) is 1.81. The molecule has 1 atom stereocenters. The van der Waals surface area contributed by atoms with Crippen molar-refractivity contribution >= 4 is 29.4 Å². The molecule has 2 aliphatic rings. The number of anilines is 1. The Morgan fingerprint density at radius 3 is 2.85 bits per heavy atom. The Morgan fingerprint density at radius 2 is 2.13 bits per heavy atom. The van der Waals surface area contributed by atoms with Gasteiger partial charge in [0.2, 0.25) is 11.8 Å². The van der Waals surface area contributed by atoms with E-state index in [1.165, 1.54) is 16.4 Å². The van der Waals surface area contributed by atoms with Crippen LogP contribution in [0.1, 0.15) is 47.3 Å². The summed E-state index contributed by atoms with van der Waals surface area (Å²) in [6.07, 6.45) is 3.43. The van der Waals surface area contributed by atoms with Gasteiger partial charge in [-0.25, -0.2) is 13.5 Å². The number of ether oxygens (including phenoxy) is 2. The zero-order valence-electron chi connectivity index (χ0n) is 21.6. The monoisotopic (exact) mass is 572 g/mol. The quantitative estimate of drug-likeness (QED) is 0.255. The summed E-state index contributed by atoms with van der Waals surface area (Å²) in [5.74, 6) is -2.29. The number of aromatic nitrogens is 2. The first-order valence-corrected chi connectivity index (χ1v) is 14.2. The summed E-state index contributed by atoms with van der Waals surface area (Å²) in [6.45, 7) is -2.61. The van der Waals surface area contributed by atoms with Crippen LogP contribution in [0.2, 0.25) is 0 Å². The lowest BCUT2D eigenvalue weighted by molar-refractivity contribution is -0.129. The van der Waals surface area contributed by atoms with Crippen molar-refractivity contribution in [1.29, 1.82) is 0 Å². The molecule has 39 heavy (non-hydrogen) atoms. The highest BCUT2D eigenvalue weighted by Crippen LogP contribution is 2.42. The fourth-order valence-electron chi connectivity index (χ4n) is 4.83. The number of alkyl halides is 4. The van der Waals surface area contributed by atoms with Gasteiger partial charge in [0.05, 0.1) is 24.7 Å². The first-order chi connectivity index (χ1) is 18.6. The number of benzene rings is 1. The summed E-state index contributed by atoms with van der Waals surface area (Å²) in [6, 6.07) is 7.26. The number of hydrogen-bond acceptors (Lipinski definition) is 6. The van der Waals surface area contributed by atoms with Crippen molar-refractivity contribution in [3.63, 3.8) is 0 Å². The van der Waals surface area contributed by atoms with E-state index in [1.54, 1.807) is 12.3 Å². The molecule has 13 heteroatoms. The molecule has 0 spiro atoms. The number of halogens is 4. The van der Waals surface area contributed by atoms with Crippen LogP contribution < -0.4 is 15.4 Å². The summed E-state index contributed by atoms with van der Waals surface area (Å²) >= 11 is 1.33. The summed E-state index contributed by atoms with van der Waals surface area (Å²) < 4.78 is 62.2. The molecule has 214 valence electrons. The topological polar surface area (TPSA) is 94.5 Å². The van der Waals surface area contributed by atoms with Crippen LogP contribution in [0.4, 0.5) is 23.4 Å². The molecule has 2 aromatic rings. The number of thioether (sulfide) groups is 1. The Morgan fingerprint density at radius 1 is 1.33 bits per heavy atom. The maximum Gasteiger partial charge on any atom is 0.345 e. The van der Waals surface area contributed by atoms with E-state index in [2.05, 4.69) is 20.5 Å². The summed E-state index contributed by atoms with van der Waals surface area (Å²) in [7, 11) is 0. The van der Waals surface area contributed by atoms with Crippen LogP contribution >= 0.6 is 11.8 Å². The highest BCUT2D eigenvalue weighted by Gasteiger charge is 2.45. The standard InChI is InChI=1S/C26H32F4N4O4S/c1-39-15-21(35)32-23-22-20(33-34(23)8-3-9-37-25(27)28)11-18(31-24(22)36)7-6-16-4-2-5-19(10-16)38-14-17-12-26(29,30)13-17/h2,4-5,10,17-18,25H,3,6-9,11-15H2,1H3,(H,31,36)(H,32,35). The molecule has 1 saturated carbocycles. The van der Waals surface area contributed by atoms with Crippen LogP contribution in [0.15, 0.2) is 24.3 Å². The molecule has 0 radical (unpaired) electrons. The van der Waals surface area contributed by atoms with Crippen LogP contribution in [0.5, 0.6) is 5.75 Å². The average Bonchev–Trinajstić information content (AvgIpc) is 3.20. The Balaban J connectivity index is 1.37. The van der Waals surface area contributed by atoms with Gasteiger partial charge in [0.25, 0.3) is 5.91 Å². The van der Waals surface area contributed by atoms with Gasteiger partial charge in [-0.1, -0.05) is 12.1 Å². The molecule has 4 rings (SSSR count). The molecule has 1 aromatic carbocycles. The smallest absolute Gasteiger partial charge is 0.345 e. The van der Waals surface area contributed by atoms with Gasteiger partial charge < -0.3 is 20.1 Å². The molecule has 0 bridgehead atoms. The number of hydrogen-bond donors (Lipinski definition) is 2. The molecule has 1 fully saturated rings. The lowest BCUT2D eigenvalue weighted by Gasteiger charge is -2.34. The highest BCUT2D eigenvalue weighted by molar-refractivity contribution is 7.99. The van der Waals surface area contributed by atoms with Gasteiger partial charge in [0.15, 0.2) is 0 Å². The van der Waals surface area contributed by atoms with Gasteiger partial charge in [-0.3, -0.25) is 9.59 Å². The molecule has 2 amide bonds. The second-order valence-corrected chi connectivity index (χ2v) is 10.7. The van der Waals surface area contributed by atoms with Gasteiger partial charge >= 0.3 is 6.61 Å². The number of nitrogens with zero attached hydrogens (tertiary/aromatic N) is 2. The summed E-state index contributed by atoms with van der Waals surface area (Å²) in [4.78, 5) is 25.4. The third-order valence-corrected chi connectivity index (χ3v) is 7.21. The molecule has 1 unspecified atom stereocenters. The third-order valence-electron chi connectivity index (χ3n) is 6.66. The van der Waals surface area contributed by atoms with Gasteiger partial charge in [-0.15, -0.1) is 0 Å². The molecule has 1 aromatic heterocycles. The fraction of sp³-hybridized carbons (Fsp3) is 0.577. The first kappa shape index (κ1) is 29.2. The minimum Gasteiger partial charge on any atom is -0.493 e. The fourth-order valence-corrected chi connectivity index (χ4v) is 5.17. The maximum absolute atomic E-state index is 13.1. The van der Waals surface area contributed by atoms with E-state index in [1.807, 2.05) is 18.2 Å². The van der Waals surface area contributed by atoms with Crippen LogP contribution in [-0.2, 0) is 28.9 Å². The molecule has 0 saturated heterocycles. The Labute approximate surface area is 228 Å². The van der Waals surface area contributed by atoms with E-state index in [0.29, 0.717) is 30.7 Å². The van der Waals surface area contributed by atoms with Crippen LogP contribution in [0.3, 0.4) is 0 Å². The number of carbonyl (C=O) groups is 2. The first-order valence-electron chi connectivity index (χ1n) is 12.8. The van der Waals surface area contributed by atoms with E-state index in [-0.39, 0.29) is 79.9 Å². The number of rotatable bonds is 14. The van der Waals surface area contributed by atoms with E-state index >= 15 is 0 Å². The Kier molecular flexibility index (Phi) is 9.76. The SMILES string of the molecule is CSCC(=O)Nc1c2c(nn1CCCOC(F)F)CC(CCc1cccc(OCC3CC(F)(F)C3)c1)NC2=O. The molecular weight excluding hydrogens is 540 g/mol. The van der Waals surface area contributed by atoms with Crippen molar-refractivity contribution in [2.24, 2.45) is 5.92 Å². The molecule has 8 nitrogen and oxygen atoms in total. The number of amides is 2. The third kappa shape index (κ3) is 8.10. The van der Waals surface area contributed by atoms with E-state index in [0.717, 1.165) is 5.56 Å². The van der Waals surface area contributed by atoms with E-state index < -0.39 is 12.5 Å². The van der Waals surface area contributed by atoms with Crippen LogP contribution in [0.25, 0.3) is 0 Å². The van der Waals surface area contributed by atoms with Gasteiger partial charge in [-0.05, 0) is 43.2 Å². The van der Waals surface area contributed by atoms with Gasteiger partial charge in [-0.2, -0.15) is 25.6 Å². The van der Waals surface area contributed by atoms with Crippen LogP contribution in [-0.4, -0.2) is 65.4 Å². The zero-order valence-corrected chi connectivity index (χ0v) is 22.4. The minimum absolute atomic E-state index is 0.137. The van der Waals surface area contributed by atoms with Crippen molar-refractivity contribution in [3.05, 3.63) is 41.1 Å². The molecular formula is C26H32F4N4O4S. The molecule has 1 aliphatic heterocycles. The number of carbonyl (C=O) groups excluding carboxylic acids is 2. The lowest BCUT2D eigenvalue weighted by Crippen LogP contribution is -2.41. The second-order valence-electron chi connectivity index (χ2n) is 9.86. The number of fused-ring (bicyclic) bond motifs is 1. The second kappa shape index (κ2) is 13.0. The predicted molar refractivity (Wildman–Crippen MR) is 139 cm³/mol. The number of aryl methyl sites for hydroxylation is 2. The molecule has 1 aliphatic carbocycles. The van der Waals surface area contributed by atoms with Crippen molar-refractivity contribution in [2.75, 3.05) is 30.5 Å². The Hall–Kier alpha value is -2.80. The van der Waals surface area contributed by atoms with Crippen LogP contribution in [0, 0.1) is 5.92 Å². The van der Waals surface area contributed by atoms with E-state index in [9.17, 15) is 27.2 Å². The highest BCUT2D eigenvalue weighted by atomic mass is 32.2. The largest absolute Gasteiger partial charge is 0.493 e. The van der Waals surface area contributed by atoms with Crippen molar-refractivity contribution in [1.82, 2.24) is 15.1 Å². The predicted octanol–water partition coefficient (Wildman–Crippen LogP) is 4.53. The van der Waals surface area contributed by atoms with Gasteiger partial charge in [0, 0.05) is 37.8 Å². The summed E-state index contributed by atoms with van der Waals surface area (Å²) in [5, 5.41) is 10.3. The van der Waals surface area contributed by atoms with E-state index in [4.69, 9.17) is 4.74 Å².